The van der Waals surface area contributed by atoms with Gasteiger partial charge in [0.05, 0.1) is 0 Å². The lowest BCUT2D eigenvalue weighted by Crippen LogP contribution is -2.33. The second-order valence-corrected chi connectivity index (χ2v) is 6.03. The molecule has 20 heavy (non-hydrogen) atoms. The van der Waals surface area contributed by atoms with Crippen molar-refractivity contribution in [3.63, 3.8) is 0 Å². The summed E-state index contributed by atoms with van der Waals surface area (Å²) in [5.41, 5.74) is 1.51. The SMILES string of the molecule is CCCCCCCCCCc1ccc[n+](CCCC)c1. The molecule has 1 heterocycles. The quantitative estimate of drug-likeness (QED) is 0.353. The largest absolute Gasteiger partial charge is 0.205 e. The smallest absolute Gasteiger partial charge is 0.171 e. The summed E-state index contributed by atoms with van der Waals surface area (Å²) in [6, 6.07) is 4.49. The fourth-order valence-electron chi connectivity index (χ4n) is 2.67. The van der Waals surface area contributed by atoms with Crippen LogP contribution >= 0.6 is 0 Å². The first-order chi connectivity index (χ1) is 9.86. The molecule has 0 amide bonds. The van der Waals surface area contributed by atoms with Crippen molar-refractivity contribution < 1.29 is 4.57 Å². The van der Waals surface area contributed by atoms with Crippen molar-refractivity contribution in [3.8, 4) is 0 Å². The molecule has 1 heteroatoms. The van der Waals surface area contributed by atoms with Gasteiger partial charge in [-0.3, -0.25) is 0 Å². The van der Waals surface area contributed by atoms with Crippen molar-refractivity contribution >= 4 is 0 Å². The topological polar surface area (TPSA) is 3.88 Å². The fourth-order valence-corrected chi connectivity index (χ4v) is 2.67. The first kappa shape index (κ1) is 17.2. The standard InChI is InChI=1S/C19H34N/c1-3-5-7-8-9-10-11-12-14-19-15-13-17-20(18-19)16-6-4-2/h13,15,17-18H,3-12,14,16H2,1-2H3/q+1. The van der Waals surface area contributed by atoms with Gasteiger partial charge < -0.3 is 0 Å². The van der Waals surface area contributed by atoms with E-state index < -0.39 is 0 Å². The van der Waals surface area contributed by atoms with E-state index in [-0.39, 0.29) is 0 Å². The summed E-state index contributed by atoms with van der Waals surface area (Å²) in [5, 5.41) is 0. The number of hydrogen-bond acceptors (Lipinski definition) is 0. The number of nitrogens with zero attached hydrogens (tertiary/aromatic N) is 1. The van der Waals surface area contributed by atoms with E-state index >= 15 is 0 Å². The van der Waals surface area contributed by atoms with Crippen LogP contribution in [-0.4, -0.2) is 0 Å². The molecule has 0 N–H and O–H groups in total. The Morgan fingerprint density at radius 1 is 0.800 bits per heavy atom. The van der Waals surface area contributed by atoms with E-state index in [0.717, 1.165) is 0 Å². The Hall–Kier alpha value is -0.850. The summed E-state index contributed by atoms with van der Waals surface area (Å²) in [6.45, 7) is 5.71. The van der Waals surface area contributed by atoms with Crippen molar-refractivity contribution in [1.82, 2.24) is 0 Å². The number of pyridine rings is 1. The third-order valence-electron chi connectivity index (χ3n) is 4.01. The predicted octanol–water partition coefficient (Wildman–Crippen LogP) is 5.46. The van der Waals surface area contributed by atoms with E-state index in [4.69, 9.17) is 0 Å². The van der Waals surface area contributed by atoms with Gasteiger partial charge in [-0.25, -0.2) is 4.57 Å². The number of aryl methyl sites for hydroxylation is 2. The second kappa shape index (κ2) is 11.9. The molecular weight excluding hydrogens is 242 g/mol. The Kier molecular flexibility index (Phi) is 10.3. The Labute approximate surface area is 126 Å². The third-order valence-corrected chi connectivity index (χ3v) is 4.01. The maximum absolute atomic E-state index is 2.35. The zero-order valence-electron chi connectivity index (χ0n) is 13.7. The highest BCUT2D eigenvalue weighted by molar-refractivity contribution is 5.05. The monoisotopic (exact) mass is 276 g/mol. The van der Waals surface area contributed by atoms with Gasteiger partial charge in [-0.15, -0.1) is 0 Å². The van der Waals surface area contributed by atoms with Crippen LogP contribution in [0.3, 0.4) is 0 Å². The van der Waals surface area contributed by atoms with Crippen LogP contribution in [0.15, 0.2) is 24.5 Å². The summed E-state index contributed by atoms with van der Waals surface area (Å²) >= 11 is 0. The molecule has 0 aromatic carbocycles. The summed E-state index contributed by atoms with van der Waals surface area (Å²) in [5.74, 6) is 0. The van der Waals surface area contributed by atoms with Gasteiger partial charge >= 0.3 is 0 Å². The van der Waals surface area contributed by atoms with Crippen LogP contribution in [0.5, 0.6) is 0 Å². The van der Waals surface area contributed by atoms with E-state index in [1.165, 1.54) is 82.7 Å². The van der Waals surface area contributed by atoms with E-state index in [1.54, 1.807) is 0 Å². The molecule has 0 aliphatic heterocycles. The predicted molar refractivity (Wildman–Crippen MR) is 87.9 cm³/mol. The van der Waals surface area contributed by atoms with Crippen LogP contribution in [0.1, 0.15) is 83.6 Å². The molecule has 0 aliphatic rings. The van der Waals surface area contributed by atoms with Crippen molar-refractivity contribution in [2.45, 2.75) is 91.0 Å². The van der Waals surface area contributed by atoms with Gasteiger partial charge in [0.25, 0.3) is 0 Å². The lowest BCUT2D eigenvalue weighted by atomic mass is 10.1. The molecule has 0 saturated carbocycles. The number of hydrogen-bond donors (Lipinski definition) is 0. The summed E-state index contributed by atoms with van der Waals surface area (Å²) in [6.07, 6.45) is 19.6. The maximum Gasteiger partial charge on any atom is 0.171 e. The minimum atomic E-state index is 1.17. The molecule has 0 saturated heterocycles. The lowest BCUT2D eigenvalue weighted by Gasteiger charge is -2.02. The van der Waals surface area contributed by atoms with Crippen LogP contribution in [0.2, 0.25) is 0 Å². The normalized spacial score (nSPS) is 10.9. The minimum Gasteiger partial charge on any atom is -0.205 e. The van der Waals surface area contributed by atoms with Gasteiger partial charge in [0, 0.05) is 18.1 Å². The summed E-state index contributed by atoms with van der Waals surface area (Å²) in [7, 11) is 0. The van der Waals surface area contributed by atoms with Gasteiger partial charge in [0.15, 0.2) is 12.4 Å². The molecule has 0 aliphatic carbocycles. The minimum absolute atomic E-state index is 1.17. The lowest BCUT2D eigenvalue weighted by molar-refractivity contribution is -0.697. The molecule has 0 bridgehead atoms. The van der Waals surface area contributed by atoms with Crippen LogP contribution in [-0.2, 0) is 13.0 Å². The van der Waals surface area contributed by atoms with Crippen molar-refractivity contribution in [1.29, 1.82) is 0 Å². The highest BCUT2D eigenvalue weighted by atomic mass is 14.9. The van der Waals surface area contributed by atoms with Crippen LogP contribution in [0, 0.1) is 0 Å². The van der Waals surface area contributed by atoms with Crippen LogP contribution < -0.4 is 4.57 Å². The van der Waals surface area contributed by atoms with Crippen molar-refractivity contribution in [2.75, 3.05) is 0 Å². The van der Waals surface area contributed by atoms with Crippen LogP contribution in [0.25, 0.3) is 0 Å². The van der Waals surface area contributed by atoms with E-state index in [0.29, 0.717) is 0 Å². The molecule has 0 unspecified atom stereocenters. The van der Waals surface area contributed by atoms with Gasteiger partial charge in [0.1, 0.15) is 6.54 Å². The number of rotatable bonds is 12. The Morgan fingerprint density at radius 2 is 1.45 bits per heavy atom. The van der Waals surface area contributed by atoms with Gasteiger partial charge in [-0.1, -0.05) is 65.2 Å². The van der Waals surface area contributed by atoms with Gasteiger partial charge in [-0.05, 0) is 18.9 Å². The average Bonchev–Trinajstić information content (AvgIpc) is 2.48. The Bertz CT molecular complexity index is 332. The van der Waals surface area contributed by atoms with Gasteiger partial charge in [0.2, 0.25) is 0 Å². The maximum atomic E-state index is 2.35. The summed E-state index contributed by atoms with van der Waals surface area (Å²) < 4.78 is 2.35. The zero-order chi connectivity index (χ0) is 14.5. The number of aromatic nitrogens is 1. The molecule has 114 valence electrons. The summed E-state index contributed by atoms with van der Waals surface area (Å²) in [4.78, 5) is 0. The second-order valence-electron chi connectivity index (χ2n) is 6.03. The Balaban J connectivity index is 2.09. The molecule has 1 aromatic rings. The van der Waals surface area contributed by atoms with Crippen molar-refractivity contribution in [2.24, 2.45) is 0 Å². The highest BCUT2D eigenvalue weighted by Crippen LogP contribution is 2.10. The first-order valence-corrected chi connectivity index (χ1v) is 8.84. The molecule has 1 nitrogen and oxygen atoms in total. The molecule has 1 rings (SSSR count). The average molecular weight is 276 g/mol. The van der Waals surface area contributed by atoms with Crippen molar-refractivity contribution in [3.05, 3.63) is 30.1 Å². The molecule has 0 spiro atoms. The van der Waals surface area contributed by atoms with Gasteiger partial charge in [-0.2, -0.15) is 0 Å². The third kappa shape index (κ3) is 8.35. The first-order valence-electron chi connectivity index (χ1n) is 8.84. The van der Waals surface area contributed by atoms with E-state index in [2.05, 4.69) is 42.9 Å². The molecular formula is C19H34N+. The van der Waals surface area contributed by atoms with E-state index in [1.807, 2.05) is 0 Å². The highest BCUT2D eigenvalue weighted by Gasteiger charge is 2.02. The molecule has 0 atom stereocenters. The Morgan fingerprint density at radius 3 is 2.15 bits per heavy atom. The molecule has 0 radical (unpaired) electrons. The molecule has 1 aromatic heterocycles. The number of unbranched alkanes of at least 4 members (excludes halogenated alkanes) is 8. The zero-order valence-corrected chi connectivity index (χ0v) is 13.7. The fraction of sp³-hybridized carbons (Fsp3) is 0.737. The van der Waals surface area contributed by atoms with E-state index in [9.17, 15) is 0 Å². The molecule has 0 fully saturated rings. The van der Waals surface area contributed by atoms with Crippen LogP contribution in [0.4, 0.5) is 0 Å².